The maximum absolute atomic E-state index is 5.35. The van der Waals surface area contributed by atoms with Crippen LogP contribution in [0.4, 0.5) is 0 Å². The second-order valence-corrected chi connectivity index (χ2v) is 5.34. The first-order valence-corrected chi connectivity index (χ1v) is 7.73. The molecule has 2 fully saturated rings. The predicted octanol–water partition coefficient (Wildman–Crippen LogP) is 1.43. The molecule has 5 nitrogen and oxygen atoms in total. The number of unbranched alkanes of at least 4 members (excludes halogenated alkanes) is 1. The first-order valence-electron chi connectivity index (χ1n) is 7.73. The molecule has 0 aromatic carbocycles. The smallest absolute Gasteiger partial charge is 0.191 e. The maximum atomic E-state index is 5.35. The first-order chi connectivity index (χ1) is 9.38. The third-order valence-corrected chi connectivity index (χ3v) is 3.52. The molecule has 0 bridgehead atoms. The van der Waals surface area contributed by atoms with E-state index >= 15 is 0 Å². The van der Waals surface area contributed by atoms with Crippen molar-refractivity contribution in [1.82, 2.24) is 15.5 Å². The number of nitrogens with one attached hydrogen (secondary N) is 2. The SMILES string of the molecule is CCNC(=NCCCCN1CCOCC1)NC1CC1.I. The lowest BCUT2D eigenvalue weighted by Gasteiger charge is -2.26. The normalized spacial score (nSPS) is 20.4. The van der Waals surface area contributed by atoms with Crippen LogP contribution in [-0.4, -0.2) is 62.8 Å². The van der Waals surface area contributed by atoms with Gasteiger partial charge in [0, 0.05) is 32.2 Å². The highest BCUT2D eigenvalue weighted by atomic mass is 127. The van der Waals surface area contributed by atoms with E-state index in [4.69, 9.17) is 4.74 Å². The van der Waals surface area contributed by atoms with E-state index in [1.54, 1.807) is 0 Å². The van der Waals surface area contributed by atoms with Crippen molar-refractivity contribution in [2.75, 3.05) is 45.9 Å². The van der Waals surface area contributed by atoms with E-state index in [-0.39, 0.29) is 24.0 Å². The summed E-state index contributed by atoms with van der Waals surface area (Å²) in [5.41, 5.74) is 0. The number of guanidine groups is 1. The largest absolute Gasteiger partial charge is 0.379 e. The van der Waals surface area contributed by atoms with E-state index in [0.29, 0.717) is 6.04 Å². The van der Waals surface area contributed by atoms with E-state index in [1.165, 1.54) is 32.2 Å². The number of morpholine rings is 1. The van der Waals surface area contributed by atoms with Gasteiger partial charge in [0.05, 0.1) is 13.2 Å². The zero-order chi connectivity index (χ0) is 13.3. The fraction of sp³-hybridized carbons (Fsp3) is 0.929. The zero-order valence-corrected chi connectivity index (χ0v) is 14.9. The van der Waals surface area contributed by atoms with Crippen LogP contribution >= 0.6 is 24.0 Å². The molecule has 2 N–H and O–H groups in total. The number of nitrogens with zero attached hydrogens (tertiary/aromatic N) is 2. The number of halogens is 1. The number of aliphatic imine (C=N–C) groups is 1. The molecule has 6 heteroatoms. The standard InChI is InChI=1S/C14H28N4O.HI/c1-2-15-14(17-13-5-6-13)16-7-3-4-8-18-9-11-19-12-10-18;/h13H,2-12H2,1H3,(H2,15,16,17);1H. The lowest BCUT2D eigenvalue weighted by Crippen LogP contribution is -2.38. The molecule has 0 atom stereocenters. The molecule has 0 aromatic heterocycles. The number of ether oxygens (including phenoxy) is 1. The van der Waals surface area contributed by atoms with Crippen LogP contribution in [0.5, 0.6) is 0 Å². The van der Waals surface area contributed by atoms with E-state index < -0.39 is 0 Å². The number of rotatable bonds is 7. The summed E-state index contributed by atoms with van der Waals surface area (Å²) in [5.74, 6) is 0.997. The Morgan fingerprint density at radius 1 is 1.25 bits per heavy atom. The van der Waals surface area contributed by atoms with E-state index in [9.17, 15) is 0 Å². The summed E-state index contributed by atoms with van der Waals surface area (Å²) in [5, 5.41) is 6.75. The summed E-state index contributed by atoms with van der Waals surface area (Å²) >= 11 is 0. The summed E-state index contributed by atoms with van der Waals surface area (Å²) in [6.07, 6.45) is 4.98. The molecular weight excluding hydrogens is 367 g/mol. The van der Waals surface area contributed by atoms with E-state index in [1.807, 2.05) is 0 Å². The van der Waals surface area contributed by atoms with Crippen LogP contribution in [0.1, 0.15) is 32.6 Å². The van der Waals surface area contributed by atoms with Gasteiger partial charge in [-0.25, -0.2) is 0 Å². The summed E-state index contributed by atoms with van der Waals surface area (Å²) in [7, 11) is 0. The van der Waals surface area contributed by atoms with Gasteiger partial charge in [-0.1, -0.05) is 0 Å². The van der Waals surface area contributed by atoms with Crippen molar-refractivity contribution in [3.05, 3.63) is 0 Å². The van der Waals surface area contributed by atoms with Crippen molar-refractivity contribution >= 4 is 29.9 Å². The van der Waals surface area contributed by atoms with Crippen LogP contribution in [0.2, 0.25) is 0 Å². The molecule has 2 rings (SSSR count). The summed E-state index contributed by atoms with van der Waals surface area (Å²) in [6, 6.07) is 0.672. The Kier molecular flexibility index (Phi) is 9.54. The highest BCUT2D eigenvalue weighted by molar-refractivity contribution is 14.0. The highest BCUT2D eigenvalue weighted by Crippen LogP contribution is 2.18. The van der Waals surface area contributed by atoms with Gasteiger partial charge < -0.3 is 15.4 Å². The van der Waals surface area contributed by atoms with Gasteiger partial charge in [-0.3, -0.25) is 9.89 Å². The molecule has 1 aliphatic heterocycles. The Bertz CT molecular complexity index is 278. The van der Waals surface area contributed by atoms with Crippen LogP contribution in [0.15, 0.2) is 4.99 Å². The van der Waals surface area contributed by atoms with Crippen molar-refractivity contribution in [1.29, 1.82) is 0 Å². The molecule has 118 valence electrons. The van der Waals surface area contributed by atoms with Crippen LogP contribution in [0.25, 0.3) is 0 Å². The third-order valence-electron chi connectivity index (χ3n) is 3.52. The minimum Gasteiger partial charge on any atom is -0.379 e. The minimum atomic E-state index is 0. The molecule has 0 aromatic rings. The van der Waals surface area contributed by atoms with Crippen molar-refractivity contribution in [2.24, 2.45) is 4.99 Å². The van der Waals surface area contributed by atoms with Gasteiger partial charge in [0.1, 0.15) is 0 Å². The molecule has 0 radical (unpaired) electrons. The average Bonchev–Trinajstić information content (AvgIpc) is 3.24. The topological polar surface area (TPSA) is 48.9 Å². The molecular formula is C14H29IN4O. The molecule has 0 unspecified atom stereocenters. The van der Waals surface area contributed by atoms with E-state index in [0.717, 1.165) is 45.4 Å². The van der Waals surface area contributed by atoms with Crippen LogP contribution < -0.4 is 10.6 Å². The Balaban J connectivity index is 0.00000200. The Morgan fingerprint density at radius 2 is 2.00 bits per heavy atom. The summed E-state index contributed by atoms with van der Waals surface area (Å²) < 4.78 is 5.35. The maximum Gasteiger partial charge on any atom is 0.191 e. The average molecular weight is 396 g/mol. The van der Waals surface area contributed by atoms with Gasteiger partial charge in [-0.15, -0.1) is 24.0 Å². The monoisotopic (exact) mass is 396 g/mol. The quantitative estimate of drug-likeness (QED) is 0.296. The van der Waals surface area contributed by atoms with Crippen LogP contribution in [0.3, 0.4) is 0 Å². The van der Waals surface area contributed by atoms with Gasteiger partial charge in [-0.05, 0) is 39.2 Å². The second-order valence-electron chi connectivity index (χ2n) is 5.34. The molecule has 1 aliphatic carbocycles. The van der Waals surface area contributed by atoms with Crippen molar-refractivity contribution in [3.63, 3.8) is 0 Å². The minimum absolute atomic E-state index is 0. The van der Waals surface area contributed by atoms with Crippen molar-refractivity contribution in [2.45, 2.75) is 38.6 Å². The number of hydrogen-bond donors (Lipinski definition) is 2. The molecule has 2 aliphatic rings. The Labute approximate surface area is 139 Å². The zero-order valence-electron chi connectivity index (χ0n) is 12.6. The summed E-state index contributed by atoms with van der Waals surface area (Å²) in [4.78, 5) is 7.11. The lowest BCUT2D eigenvalue weighted by molar-refractivity contribution is 0.0373. The highest BCUT2D eigenvalue weighted by Gasteiger charge is 2.21. The van der Waals surface area contributed by atoms with Gasteiger partial charge in [-0.2, -0.15) is 0 Å². The molecule has 1 saturated carbocycles. The van der Waals surface area contributed by atoms with Gasteiger partial charge >= 0.3 is 0 Å². The Morgan fingerprint density at radius 3 is 2.65 bits per heavy atom. The molecule has 0 spiro atoms. The van der Waals surface area contributed by atoms with Crippen LogP contribution in [0, 0.1) is 0 Å². The van der Waals surface area contributed by atoms with Crippen LogP contribution in [-0.2, 0) is 4.74 Å². The summed E-state index contributed by atoms with van der Waals surface area (Å²) in [6.45, 7) is 9.14. The predicted molar refractivity (Wildman–Crippen MR) is 94.0 cm³/mol. The fourth-order valence-electron chi connectivity index (χ4n) is 2.20. The molecule has 1 heterocycles. The fourth-order valence-corrected chi connectivity index (χ4v) is 2.20. The van der Waals surface area contributed by atoms with Crippen molar-refractivity contribution in [3.8, 4) is 0 Å². The third kappa shape index (κ3) is 7.64. The second kappa shape index (κ2) is 10.6. The van der Waals surface area contributed by atoms with E-state index in [2.05, 4.69) is 27.4 Å². The molecule has 0 amide bonds. The van der Waals surface area contributed by atoms with Gasteiger partial charge in [0.15, 0.2) is 5.96 Å². The van der Waals surface area contributed by atoms with Crippen molar-refractivity contribution < 1.29 is 4.74 Å². The van der Waals surface area contributed by atoms with Gasteiger partial charge in [0.25, 0.3) is 0 Å². The lowest BCUT2D eigenvalue weighted by atomic mass is 10.3. The first kappa shape index (κ1) is 18.0. The number of hydrogen-bond acceptors (Lipinski definition) is 3. The molecule has 1 saturated heterocycles. The Hall–Kier alpha value is -0.0800. The van der Waals surface area contributed by atoms with Gasteiger partial charge in [0.2, 0.25) is 0 Å². The molecule has 20 heavy (non-hydrogen) atoms.